The summed E-state index contributed by atoms with van der Waals surface area (Å²) in [5, 5.41) is 6.33. The maximum absolute atomic E-state index is 10.1. The van der Waals surface area contributed by atoms with Crippen molar-refractivity contribution < 1.29 is 60.6 Å². The molecule has 6 aromatic rings. The van der Waals surface area contributed by atoms with E-state index < -0.39 is 5.97 Å². The van der Waals surface area contributed by atoms with Crippen LogP contribution in [0.3, 0.4) is 0 Å². The van der Waals surface area contributed by atoms with E-state index in [-0.39, 0.29) is 18.8 Å². The van der Waals surface area contributed by atoms with Crippen molar-refractivity contribution in [1.29, 1.82) is 0 Å². The first-order valence-electron chi connectivity index (χ1n) is 13.8. The number of aryl methyl sites for hydroxylation is 1. The Bertz CT molecular complexity index is 1980. The number of furan rings is 4. The Kier molecular flexibility index (Phi) is 23.8. The van der Waals surface area contributed by atoms with Gasteiger partial charge in [0.1, 0.15) is 12.3 Å². The van der Waals surface area contributed by atoms with E-state index in [0.29, 0.717) is 35.3 Å². The van der Waals surface area contributed by atoms with E-state index >= 15 is 0 Å². The smallest absolute Gasteiger partial charge is 0.373 e. The van der Waals surface area contributed by atoms with Gasteiger partial charge in [-0.05, 0) is 49.2 Å². The number of carbonyl (C=O) groups is 2. The average molecular weight is 723 g/mol. The molecule has 0 aromatic carbocycles. The van der Waals surface area contributed by atoms with Crippen molar-refractivity contribution >= 4 is 53.0 Å². The maximum Gasteiger partial charge on any atom is 0.373 e. The van der Waals surface area contributed by atoms with Gasteiger partial charge < -0.3 is 41.8 Å². The third-order valence-electron chi connectivity index (χ3n) is 5.05. The molecular formula is C31H30N8O13. The zero-order valence-electron chi connectivity index (χ0n) is 27.8. The summed E-state index contributed by atoms with van der Waals surface area (Å²) in [6.45, 7) is 3.86. The maximum atomic E-state index is 10.1. The van der Waals surface area contributed by atoms with E-state index in [1.54, 1.807) is 81.6 Å². The molecule has 0 saturated carbocycles. The van der Waals surface area contributed by atoms with Crippen LogP contribution in [0.4, 0.5) is 0 Å². The SMILES string of the molecule is C/C(=C/c1ccco1)N=[N+]=[N-].COC(=O)CN=[N+]=[N-].COc1ccco1.Cc1cc2occc2[nH]1.O=C=O.O=C=O.O=COc1cc2occc2[nH]1. The molecule has 2 N–H and O–H groups in total. The minimum absolute atomic E-state index is 0.229. The van der Waals surface area contributed by atoms with Crippen molar-refractivity contribution in [3.63, 3.8) is 0 Å². The number of methoxy groups -OCH3 is 2. The molecule has 0 bridgehead atoms. The van der Waals surface area contributed by atoms with Gasteiger partial charge in [-0.25, -0.2) is 0 Å². The number of azide groups is 2. The molecule has 0 unspecified atom stereocenters. The molecule has 21 heteroatoms. The first kappa shape index (κ1) is 44.1. The number of allylic oxidation sites excluding steroid dienone is 1. The molecule has 0 fully saturated rings. The minimum atomic E-state index is -0.525. The molecule has 0 atom stereocenters. The van der Waals surface area contributed by atoms with Crippen molar-refractivity contribution in [3.8, 4) is 11.8 Å². The number of aromatic nitrogens is 2. The molecule has 0 aliphatic carbocycles. The summed E-state index contributed by atoms with van der Waals surface area (Å²) in [6, 6.07) is 14.4. The monoisotopic (exact) mass is 722 g/mol. The van der Waals surface area contributed by atoms with Crippen LogP contribution in [0.1, 0.15) is 18.4 Å². The number of esters is 1. The summed E-state index contributed by atoms with van der Waals surface area (Å²) in [5.41, 5.74) is 21.0. The van der Waals surface area contributed by atoms with Crippen LogP contribution >= 0.6 is 0 Å². The average Bonchev–Trinajstić information content (AvgIpc) is 3.97. The van der Waals surface area contributed by atoms with E-state index in [0.717, 1.165) is 22.3 Å². The minimum Gasteiger partial charge on any atom is -0.469 e. The molecule has 0 spiro atoms. The first-order valence-corrected chi connectivity index (χ1v) is 13.8. The van der Waals surface area contributed by atoms with Gasteiger partial charge in [0.05, 0.1) is 50.3 Å². The van der Waals surface area contributed by atoms with Crippen molar-refractivity contribution in [2.75, 3.05) is 20.8 Å². The van der Waals surface area contributed by atoms with E-state index in [4.69, 9.17) is 47.9 Å². The number of hydrogen-bond donors (Lipinski definition) is 2. The van der Waals surface area contributed by atoms with Crippen LogP contribution in [-0.4, -0.2) is 55.5 Å². The summed E-state index contributed by atoms with van der Waals surface area (Å²) < 4.78 is 33.3. The molecule has 0 aliphatic rings. The van der Waals surface area contributed by atoms with Gasteiger partial charge >= 0.3 is 18.3 Å². The highest BCUT2D eigenvalue weighted by molar-refractivity contribution is 5.76. The topological polar surface area (TPSA) is 312 Å². The van der Waals surface area contributed by atoms with Crippen LogP contribution in [0.2, 0.25) is 0 Å². The number of fused-ring (bicyclic) bond motifs is 2. The van der Waals surface area contributed by atoms with E-state index in [1.165, 1.54) is 7.11 Å². The molecule has 6 rings (SSSR count). The van der Waals surface area contributed by atoms with Crippen molar-refractivity contribution in [3.05, 3.63) is 112 Å². The molecule has 0 radical (unpaired) electrons. The number of nitrogens with zero attached hydrogens (tertiary/aromatic N) is 6. The number of nitrogens with one attached hydrogen (secondary N) is 2. The highest BCUT2D eigenvalue weighted by Crippen LogP contribution is 2.20. The molecule has 21 nitrogen and oxygen atoms in total. The summed E-state index contributed by atoms with van der Waals surface area (Å²) >= 11 is 0. The van der Waals surface area contributed by atoms with Crippen LogP contribution in [0, 0.1) is 6.92 Å². The Balaban J connectivity index is 0.000000607. The fraction of sp³-hybridized carbons (Fsp3) is 0.161. The van der Waals surface area contributed by atoms with Crippen LogP contribution in [0.15, 0.2) is 107 Å². The summed E-state index contributed by atoms with van der Waals surface area (Å²) in [7, 11) is 2.80. The third kappa shape index (κ3) is 19.7. The Morgan fingerprint density at radius 2 is 1.46 bits per heavy atom. The lowest BCUT2D eigenvalue weighted by molar-refractivity contribution is -0.193. The first-order chi connectivity index (χ1) is 25.2. The van der Waals surface area contributed by atoms with Gasteiger partial charge in [-0.2, -0.15) is 19.2 Å². The number of hydrogen-bond acceptors (Lipinski definition) is 15. The molecule has 52 heavy (non-hydrogen) atoms. The second kappa shape index (κ2) is 28.1. The summed E-state index contributed by atoms with van der Waals surface area (Å²) in [5.74, 6) is 1.12. The lowest BCUT2D eigenvalue weighted by atomic mass is 10.4. The Hall–Kier alpha value is -7.94. The van der Waals surface area contributed by atoms with Crippen molar-refractivity contribution in [2.45, 2.75) is 13.8 Å². The Labute approximate surface area is 291 Å². The van der Waals surface area contributed by atoms with Gasteiger partial charge in [0.2, 0.25) is 5.88 Å². The Morgan fingerprint density at radius 1 is 0.865 bits per heavy atom. The number of ether oxygens (including phenoxy) is 3. The molecule has 0 saturated heterocycles. The fourth-order valence-corrected chi connectivity index (χ4v) is 3.13. The number of aromatic amines is 2. The molecular weight excluding hydrogens is 692 g/mol. The number of rotatable bonds is 7. The van der Waals surface area contributed by atoms with Gasteiger partial charge in [-0.3, -0.25) is 9.59 Å². The van der Waals surface area contributed by atoms with Gasteiger partial charge in [0, 0.05) is 51.5 Å². The predicted octanol–water partition coefficient (Wildman–Crippen LogP) is 6.91. The second-order valence-corrected chi connectivity index (χ2v) is 8.46. The van der Waals surface area contributed by atoms with E-state index in [2.05, 4.69) is 44.2 Å². The Morgan fingerprint density at radius 3 is 1.90 bits per heavy atom. The number of carbonyl (C=O) groups excluding carboxylic acids is 6. The molecule has 6 aromatic heterocycles. The van der Waals surface area contributed by atoms with Gasteiger partial charge in [-0.1, -0.05) is 10.2 Å². The van der Waals surface area contributed by atoms with Crippen molar-refractivity contribution in [2.24, 2.45) is 10.2 Å². The van der Waals surface area contributed by atoms with E-state index in [1.807, 2.05) is 19.1 Å². The van der Waals surface area contributed by atoms with Gasteiger partial charge in [0.25, 0.3) is 12.4 Å². The van der Waals surface area contributed by atoms with Gasteiger partial charge in [-0.15, -0.1) is 0 Å². The summed E-state index contributed by atoms with van der Waals surface area (Å²) in [4.78, 5) is 63.4. The third-order valence-corrected chi connectivity index (χ3v) is 5.05. The van der Waals surface area contributed by atoms with Crippen LogP contribution in [0.25, 0.3) is 49.2 Å². The molecule has 0 amide bonds. The predicted molar refractivity (Wildman–Crippen MR) is 175 cm³/mol. The van der Waals surface area contributed by atoms with Crippen LogP contribution in [0.5, 0.6) is 11.8 Å². The van der Waals surface area contributed by atoms with Crippen LogP contribution in [-0.2, 0) is 33.5 Å². The number of H-pyrrole nitrogens is 2. The largest absolute Gasteiger partial charge is 0.469 e. The van der Waals surface area contributed by atoms with E-state index in [9.17, 15) is 9.59 Å². The lowest BCUT2D eigenvalue weighted by Crippen LogP contribution is -2.02. The quantitative estimate of drug-likeness (QED) is 0.0557. The van der Waals surface area contributed by atoms with Gasteiger partial charge in [0.15, 0.2) is 11.2 Å². The van der Waals surface area contributed by atoms with Crippen LogP contribution < -0.4 is 9.47 Å². The zero-order valence-corrected chi connectivity index (χ0v) is 27.8. The highest BCUT2D eigenvalue weighted by Gasteiger charge is 2.02. The normalized spacial score (nSPS) is 8.88. The summed E-state index contributed by atoms with van der Waals surface area (Å²) in [6.07, 6.45) is 8.54. The molecule has 0 aliphatic heterocycles. The zero-order chi connectivity index (χ0) is 39.0. The molecule has 272 valence electrons. The second-order valence-electron chi connectivity index (χ2n) is 8.46. The lowest BCUT2D eigenvalue weighted by Gasteiger charge is -1.87. The molecule has 6 heterocycles. The van der Waals surface area contributed by atoms with Crippen molar-refractivity contribution in [1.82, 2.24) is 9.97 Å². The fourth-order valence-electron chi connectivity index (χ4n) is 3.13. The standard InChI is InChI=1S/C7H7N3O.C7H5NO3.C7H7NO.C5H6O2.C3H5N3O2.2CO2/c1-6(9-10-8)5-7-3-2-4-11-7;9-4-11-7-3-6-5(8-7)1-2-10-6;1-5-4-7-6(8-5)2-3-9-7;1-6-5-3-2-4-7-5;1-8-3(7)2-5-6-4;2*2-1-3/h2-5H,1H3;1-4,8H;2-4,8H,1H3;2-4H,1H3;2H2,1H3;;/b6-5-;;;;;;. The highest BCUT2D eigenvalue weighted by atomic mass is 16.6.